The minimum Gasteiger partial charge on any atom is -0.385 e. The second-order valence-electron chi connectivity index (χ2n) is 15.1. The van der Waals surface area contributed by atoms with Crippen molar-refractivity contribution in [2.24, 2.45) is 16.8 Å². The molecule has 3 aromatic rings. The lowest BCUT2D eigenvalue weighted by Crippen LogP contribution is -2.33. The van der Waals surface area contributed by atoms with Gasteiger partial charge in [0.1, 0.15) is 6.17 Å². The summed E-state index contributed by atoms with van der Waals surface area (Å²) in [6.07, 6.45) is 38.3. The van der Waals surface area contributed by atoms with E-state index in [4.69, 9.17) is 4.99 Å². The number of aromatic nitrogens is 1. The molecule has 0 saturated heterocycles. The largest absolute Gasteiger partial charge is 0.385 e. The van der Waals surface area contributed by atoms with E-state index in [-0.39, 0.29) is 12.1 Å². The summed E-state index contributed by atoms with van der Waals surface area (Å²) in [6, 6.07) is 18.2. The Balaban J connectivity index is 1.02. The zero-order valence-corrected chi connectivity index (χ0v) is 30.4. The number of benzene rings is 2. The van der Waals surface area contributed by atoms with Crippen LogP contribution in [0.25, 0.3) is 22.6 Å². The van der Waals surface area contributed by atoms with E-state index < -0.39 is 0 Å². The van der Waals surface area contributed by atoms with Gasteiger partial charge in [-0.15, -0.1) is 0 Å². The molecule has 3 heterocycles. The number of fused-ring (bicyclic) bond motifs is 3. The van der Waals surface area contributed by atoms with Crippen LogP contribution in [0.2, 0.25) is 0 Å². The van der Waals surface area contributed by atoms with Gasteiger partial charge in [0.25, 0.3) is 0 Å². The standard InChI is InChI=1S/C48H48N4/c1-32(2)33-17-21-36(22-18-33)45-46(37-11-5-3-6-12-37)50-48(51-47(45)38-13-7-4-8-14-38)39-23-19-34(20-24-39)35-25-27-40(28-26-35)52-43-16-10-9-15-41(43)42-29-30-49-31-44(42)52/h3,5-7,9-11,13-17,19-21,23-27,29-30,32,37,40,48-50H,4,8,12,18,22,28,31H2,1-2H3. The highest BCUT2D eigenvalue weighted by Crippen LogP contribution is 2.40. The molecule has 52 heavy (non-hydrogen) atoms. The van der Waals surface area contributed by atoms with E-state index in [1.807, 2.05) is 0 Å². The lowest BCUT2D eigenvalue weighted by molar-refractivity contribution is 0.552. The van der Waals surface area contributed by atoms with Gasteiger partial charge in [-0.25, -0.2) is 0 Å². The van der Waals surface area contributed by atoms with Crippen LogP contribution >= 0.6 is 0 Å². The van der Waals surface area contributed by atoms with Gasteiger partial charge in [0.15, 0.2) is 0 Å². The molecule has 0 saturated carbocycles. The third kappa shape index (κ3) is 6.04. The Bertz CT molecular complexity index is 2250. The molecule has 2 aromatic carbocycles. The third-order valence-corrected chi connectivity index (χ3v) is 11.6. The summed E-state index contributed by atoms with van der Waals surface area (Å²) in [6.45, 7) is 5.47. The number of nitrogens with zero attached hydrogens (tertiary/aromatic N) is 2. The normalized spacial score (nSPS) is 23.8. The number of hydrogen-bond acceptors (Lipinski definition) is 3. The number of nitrogens with one attached hydrogen (secondary N) is 2. The van der Waals surface area contributed by atoms with Crippen molar-refractivity contribution < 1.29 is 0 Å². The minimum absolute atomic E-state index is 0.152. The van der Waals surface area contributed by atoms with Crippen molar-refractivity contribution in [2.75, 3.05) is 0 Å². The highest BCUT2D eigenvalue weighted by atomic mass is 15.1. The fourth-order valence-corrected chi connectivity index (χ4v) is 8.75. The van der Waals surface area contributed by atoms with E-state index in [9.17, 15) is 0 Å². The van der Waals surface area contributed by atoms with E-state index in [1.54, 1.807) is 0 Å². The summed E-state index contributed by atoms with van der Waals surface area (Å²) in [7, 11) is 0. The average molecular weight is 681 g/mol. The molecule has 0 bridgehead atoms. The maximum absolute atomic E-state index is 5.56. The van der Waals surface area contributed by atoms with E-state index >= 15 is 0 Å². The second kappa shape index (κ2) is 14.0. The van der Waals surface area contributed by atoms with Crippen LogP contribution in [0.3, 0.4) is 0 Å². The van der Waals surface area contributed by atoms with Gasteiger partial charge >= 0.3 is 0 Å². The predicted octanol–water partition coefficient (Wildman–Crippen LogP) is 11.3. The van der Waals surface area contributed by atoms with Gasteiger partial charge in [0.2, 0.25) is 0 Å². The summed E-state index contributed by atoms with van der Waals surface area (Å²) in [5.41, 5.74) is 15.7. The lowest BCUT2D eigenvalue weighted by Gasteiger charge is -2.34. The Morgan fingerprint density at radius 2 is 1.73 bits per heavy atom. The van der Waals surface area contributed by atoms with E-state index in [0.717, 1.165) is 50.8 Å². The van der Waals surface area contributed by atoms with Gasteiger partial charge in [0.05, 0.1) is 18.3 Å². The Morgan fingerprint density at radius 1 is 0.827 bits per heavy atom. The molecule has 0 fully saturated rings. The summed E-state index contributed by atoms with van der Waals surface area (Å²) < 4.78 is 2.54. The summed E-state index contributed by atoms with van der Waals surface area (Å²) in [4.78, 5) is 5.56. The van der Waals surface area contributed by atoms with Crippen LogP contribution in [0.5, 0.6) is 0 Å². The fraction of sp³-hybridized carbons (Fsp3) is 0.271. The molecule has 0 spiro atoms. The van der Waals surface area contributed by atoms with Crippen molar-refractivity contribution in [1.82, 2.24) is 15.2 Å². The van der Waals surface area contributed by atoms with Crippen LogP contribution < -0.4 is 10.6 Å². The van der Waals surface area contributed by atoms with Crippen LogP contribution in [-0.2, 0) is 6.54 Å². The Hall–Kier alpha value is -5.35. The van der Waals surface area contributed by atoms with Gasteiger partial charge in [0, 0.05) is 39.3 Å². The predicted molar refractivity (Wildman–Crippen MR) is 218 cm³/mol. The number of hydrogen-bond donors (Lipinski definition) is 2. The summed E-state index contributed by atoms with van der Waals surface area (Å²) in [5.74, 6) is 0.866. The molecule has 4 heteroatoms. The van der Waals surface area contributed by atoms with E-state index in [1.165, 1.54) is 66.8 Å². The Morgan fingerprint density at radius 3 is 2.48 bits per heavy atom. The molecule has 4 aliphatic carbocycles. The molecule has 6 aliphatic rings. The molecule has 0 amide bonds. The smallest absolute Gasteiger partial charge is 0.145 e. The Labute approximate surface area is 308 Å². The molecule has 3 atom stereocenters. The highest BCUT2D eigenvalue weighted by molar-refractivity contribution is 6.17. The van der Waals surface area contributed by atoms with Gasteiger partial charge in [-0.1, -0.05) is 135 Å². The molecule has 260 valence electrons. The van der Waals surface area contributed by atoms with Crippen molar-refractivity contribution in [2.45, 2.75) is 71.1 Å². The molecular formula is C48H48N4. The van der Waals surface area contributed by atoms with Gasteiger partial charge < -0.3 is 15.2 Å². The summed E-state index contributed by atoms with van der Waals surface area (Å²) >= 11 is 0. The monoisotopic (exact) mass is 680 g/mol. The second-order valence-corrected chi connectivity index (χ2v) is 15.1. The molecule has 9 rings (SSSR count). The minimum atomic E-state index is -0.152. The molecule has 3 unspecified atom stereocenters. The number of allylic oxidation sites excluding steroid dienone is 17. The fourth-order valence-electron chi connectivity index (χ4n) is 8.75. The number of rotatable bonds is 7. The SMILES string of the molecule is CC(C)C1=CC=C(C2=C(C3C=CC=CC3)NC(c3ccc(C4=CCC(n5c6c(c7ccccc75)C=CNC6)C=C4)cc3)N=C2C2=CCCC=C2)CC1. The molecule has 2 aliphatic heterocycles. The first kappa shape index (κ1) is 32.6. The third-order valence-electron chi connectivity index (χ3n) is 11.6. The zero-order chi connectivity index (χ0) is 35.0. The van der Waals surface area contributed by atoms with Crippen molar-refractivity contribution in [3.8, 4) is 0 Å². The molecule has 0 radical (unpaired) electrons. The zero-order valence-electron chi connectivity index (χ0n) is 30.4. The molecule has 2 N–H and O–H groups in total. The van der Waals surface area contributed by atoms with Crippen LogP contribution in [-0.4, -0.2) is 10.3 Å². The van der Waals surface area contributed by atoms with E-state index in [2.05, 4.69) is 163 Å². The van der Waals surface area contributed by atoms with Gasteiger partial charge in [-0.3, -0.25) is 4.99 Å². The van der Waals surface area contributed by atoms with Gasteiger partial charge in [-0.2, -0.15) is 0 Å². The maximum atomic E-state index is 5.56. The van der Waals surface area contributed by atoms with Crippen molar-refractivity contribution in [3.05, 3.63) is 178 Å². The maximum Gasteiger partial charge on any atom is 0.145 e. The molecule has 1 aromatic heterocycles. The topological polar surface area (TPSA) is 41.4 Å². The first-order valence-corrected chi connectivity index (χ1v) is 19.3. The number of para-hydroxylation sites is 1. The van der Waals surface area contributed by atoms with Crippen LogP contribution in [0.15, 0.2) is 161 Å². The van der Waals surface area contributed by atoms with Crippen LogP contribution in [0.4, 0.5) is 0 Å². The van der Waals surface area contributed by atoms with Crippen molar-refractivity contribution >= 4 is 28.3 Å². The van der Waals surface area contributed by atoms with Gasteiger partial charge in [-0.05, 0) is 90.6 Å². The first-order chi connectivity index (χ1) is 25.6. The summed E-state index contributed by atoms with van der Waals surface area (Å²) in [5, 5.41) is 8.78. The van der Waals surface area contributed by atoms with Crippen LogP contribution in [0.1, 0.15) is 87.0 Å². The number of aliphatic imine (C=N–C) groups is 1. The van der Waals surface area contributed by atoms with E-state index in [0.29, 0.717) is 12.0 Å². The van der Waals surface area contributed by atoms with Crippen LogP contribution in [0, 0.1) is 11.8 Å². The Kier molecular flexibility index (Phi) is 8.76. The highest BCUT2D eigenvalue weighted by Gasteiger charge is 2.32. The van der Waals surface area contributed by atoms with Crippen molar-refractivity contribution in [3.63, 3.8) is 0 Å². The molecule has 4 nitrogen and oxygen atoms in total. The lowest BCUT2D eigenvalue weighted by atomic mass is 9.80. The van der Waals surface area contributed by atoms with Crippen molar-refractivity contribution in [1.29, 1.82) is 0 Å². The first-order valence-electron chi connectivity index (χ1n) is 19.3. The quantitative estimate of drug-likeness (QED) is 0.261. The molecular weight excluding hydrogens is 633 g/mol. The average Bonchev–Trinajstić information content (AvgIpc) is 3.55.